The molecule has 0 radical (unpaired) electrons. The van der Waals surface area contributed by atoms with Crippen LogP contribution in [0.4, 0.5) is 0 Å². The highest BCUT2D eigenvalue weighted by Crippen LogP contribution is 2.46. The standard InChI is InChI=1S/C32H32N4O4/c1-18(2)27(31(38)33-17-19-9-8-10-20(15-19)40-3)35-30(37)26-16-24-21-11-6-7-14-25(21)34-28(24)29-22-12-4-5-13-23(22)32(39)36(26)29/h4-15,18,26-27,29,34H,16-17H2,1-3H3,(H,33,38)(H,35,37)/t26-,27+,29-/m0/s1. The topological polar surface area (TPSA) is 104 Å². The third-order valence-electron chi connectivity index (χ3n) is 8.00. The minimum absolute atomic E-state index is 0.163. The number of methoxy groups -OCH3 is 1. The predicted octanol–water partition coefficient (Wildman–Crippen LogP) is 4.10. The summed E-state index contributed by atoms with van der Waals surface area (Å²) < 4.78 is 5.28. The Morgan fingerprint density at radius 3 is 2.62 bits per heavy atom. The molecule has 0 saturated carbocycles. The van der Waals surface area contributed by atoms with E-state index in [1.54, 1.807) is 12.0 Å². The Labute approximate surface area is 232 Å². The van der Waals surface area contributed by atoms with Crippen molar-refractivity contribution in [3.8, 4) is 5.75 Å². The molecule has 0 aliphatic carbocycles. The van der Waals surface area contributed by atoms with Gasteiger partial charge in [-0.3, -0.25) is 14.4 Å². The molecule has 3 heterocycles. The van der Waals surface area contributed by atoms with Gasteiger partial charge in [-0.1, -0.05) is 62.4 Å². The Morgan fingerprint density at radius 2 is 1.82 bits per heavy atom. The fraction of sp³-hybridized carbons (Fsp3) is 0.281. The van der Waals surface area contributed by atoms with Crippen LogP contribution in [0.3, 0.4) is 0 Å². The second kappa shape index (κ2) is 10.2. The largest absolute Gasteiger partial charge is 0.497 e. The van der Waals surface area contributed by atoms with Crippen molar-refractivity contribution in [2.45, 2.75) is 44.9 Å². The maximum Gasteiger partial charge on any atom is 0.255 e. The quantitative estimate of drug-likeness (QED) is 0.331. The summed E-state index contributed by atoms with van der Waals surface area (Å²) in [4.78, 5) is 46.2. The highest BCUT2D eigenvalue weighted by atomic mass is 16.5. The number of hydrogen-bond donors (Lipinski definition) is 3. The van der Waals surface area contributed by atoms with Crippen LogP contribution in [0.25, 0.3) is 10.9 Å². The van der Waals surface area contributed by atoms with E-state index in [1.165, 1.54) is 0 Å². The summed E-state index contributed by atoms with van der Waals surface area (Å²) in [6, 6.07) is 21.1. The maximum atomic E-state index is 14.0. The molecule has 0 saturated heterocycles. The van der Waals surface area contributed by atoms with Crippen LogP contribution in [-0.4, -0.2) is 46.8 Å². The first-order chi connectivity index (χ1) is 19.4. The van der Waals surface area contributed by atoms with Crippen molar-refractivity contribution < 1.29 is 19.1 Å². The molecule has 6 rings (SSSR count). The molecule has 0 unspecified atom stereocenters. The van der Waals surface area contributed by atoms with Gasteiger partial charge in [-0.25, -0.2) is 0 Å². The van der Waals surface area contributed by atoms with E-state index in [0.29, 0.717) is 24.3 Å². The lowest BCUT2D eigenvalue weighted by Gasteiger charge is -2.38. The van der Waals surface area contributed by atoms with Gasteiger partial charge < -0.3 is 25.3 Å². The molecule has 0 spiro atoms. The highest BCUT2D eigenvalue weighted by molar-refractivity contribution is 6.04. The molecule has 3 aromatic carbocycles. The number of carbonyl (C=O) groups excluding carboxylic acids is 3. The Morgan fingerprint density at radius 1 is 1.05 bits per heavy atom. The number of H-pyrrole nitrogens is 1. The molecule has 40 heavy (non-hydrogen) atoms. The van der Waals surface area contributed by atoms with Crippen LogP contribution in [0.15, 0.2) is 72.8 Å². The van der Waals surface area contributed by atoms with Crippen molar-refractivity contribution in [2.24, 2.45) is 5.92 Å². The average Bonchev–Trinajstić information content (AvgIpc) is 3.49. The number of carbonyl (C=O) groups is 3. The summed E-state index contributed by atoms with van der Waals surface area (Å²) in [5.41, 5.74) is 5.33. The third kappa shape index (κ3) is 4.29. The van der Waals surface area contributed by atoms with Gasteiger partial charge in [0.15, 0.2) is 0 Å². The van der Waals surface area contributed by atoms with Gasteiger partial charge in [0.25, 0.3) is 5.91 Å². The molecule has 4 aromatic rings. The summed E-state index contributed by atoms with van der Waals surface area (Å²) in [6.07, 6.45) is 0.359. The fourth-order valence-corrected chi connectivity index (χ4v) is 6.00. The van der Waals surface area contributed by atoms with Crippen LogP contribution in [-0.2, 0) is 22.6 Å². The number of benzene rings is 3. The van der Waals surface area contributed by atoms with E-state index in [4.69, 9.17) is 4.74 Å². The zero-order valence-corrected chi connectivity index (χ0v) is 22.7. The molecule has 3 atom stereocenters. The summed E-state index contributed by atoms with van der Waals surface area (Å²) in [6.45, 7) is 4.10. The SMILES string of the molecule is COc1cccc(CNC(=O)[C@H](NC(=O)[C@@H]2Cc3c([nH]c4ccccc34)[C@@H]3c4ccccc4C(=O)N32)C(C)C)c1. The van der Waals surface area contributed by atoms with Gasteiger partial charge in [0.2, 0.25) is 11.8 Å². The van der Waals surface area contributed by atoms with Crippen LogP contribution in [0.5, 0.6) is 5.75 Å². The Kier molecular flexibility index (Phi) is 6.54. The Bertz CT molecular complexity index is 1620. The van der Waals surface area contributed by atoms with Crippen LogP contribution in [0.2, 0.25) is 0 Å². The summed E-state index contributed by atoms with van der Waals surface area (Å²) >= 11 is 0. The van der Waals surface area contributed by atoms with E-state index in [2.05, 4.69) is 15.6 Å². The van der Waals surface area contributed by atoms with Gasteiger partial charge in [-0.05, 0) is 46.9 Å². The van der Waals surface area contributed by atoms with E-state index in [1.807, 2.05) is 86.6 Å². The second-order valence-corrected chi connectivity index (χ2v) is 10.8. The molecule has 8 nitrogen and oxygen atoms in total. The summed E-state index contributed by atoms with van der Waals surface area (Å²) in [7, 11) is 1.60. The lowest BCUT2D eigenvalue weighted by Crippen LogP contribution is -2.57. The number of amides is 3. The molecule has 3 amide bonds. The van der Waals surface area contributed by atoms with Gasteiger partial charge in [0, 0.05) is 35.1 Å². The van der Waals surface area contributed by atoms with Gasteiger partial charge >= 0.3 is 0 Å². The number of para-hydroxylation sites is 1. The highest BCUT2D eigenvalue weighted by Gasteiger charge is 2.49. The van der Waals surface area contributed by atoms with Crippen molar-refractivity contribution in [3.63, 3.8) is 0 Å². The minimum Gasteiger partial charge on any atom is -0.497 e. The third-order valence-corrected chi connectivity index (χ3v) is 8.00. The number of aromatic nitrogens is 1. The zero-order valence-electron chi connectivity index (χ0n) is 22.7. The number of aromatic amines is 1. The van der Waals surface area contributed by atoms with E-state index in [9.17, 15) is 14.4 Å². The molecule has 204 valence electrons. The van der Waals surface area contributed by atoms with Crippen molar-refractivity contribution in [1.82, 2.24) is 20.5 Å². The number of rotatable bonds is 7. The van der Waals surface area contributed by atoms with Crippen molar-refractivity contribution in [1.29, 1.82) is 0 Å². The average molecular weight is 537 g/mol. The lowest BCUT2D eigenvalue weighted by atomic mass is 9.89. The van der Waals surface area contributed by atoms with E-state index in [-0.39, 0.29) is 23.6 Å². The van der Waals surface area contributed by atoms with E-state index in [0.717, 1.165) is 33.3 Å². The fourth-order valence-electron chi connectivity index (χ4n) is 6.00. The first-order valence-corrected chi connectivity index (χ1v) is 13.6. The lowest BCUT2D eigenvalue weighted by molar-refractivity contribution is -0.133. The van der Waals surface area contributed by atoms with Crippen molar-refractivity contribution in [2.75, 3.05) is 7.11 Å². The van der Waals surface area contributed by atoms with E-state index >= 15 is 0 Å². The first-order valence-electron chi connectivity index (χ1n) is 13.6. The maximum absolute atomic E-state index is 14.0. The second-order valence-electron chi connectivity index (χ2n) is 10.8. The molecule has 3 N–H and O–H groups in total. The number of nitrogens with one attached hydrogen (secondary N) is 3. The van der Waals surface area contributed by atoms with Gasteiger partial charge in [-0.15, -0.1) is 0 Å². The van der Waals surface area contributed by atoms with Crippen LogP contribution >= 0.6 is 0 Å². The van der Waals surface area contributed by atoms with Crippen LogP contribution < -0.4 is 15.4 Å². The Balaban J connectivity index is 1.29. The number of hydrogen-bond acceptors (Lipinski definition) is 4. The molecule has 2 aliphatic heterocycles. The van der Waals surface area contributed by atoms with Gasteiger partial charge in [0.1, 0.15) is 17.8 Å². The number of ether oxygens (including phenoxy) is 1. The smallest absolute Gasteiger partial charge is 0.255 e. The molecular weight excluding hydrogens is 504 g/mol. The molecule has 2 aliphatic rings. The first kappa shape index (κ1) is 25.7. The molecule has 8 heteroatoms. The molecule has 1 aromatic heterocycles. The van der Waals surface area contributed by atoms with Gasteiger partial charge in [0.05, 0.1) is 13.2 Å². The van der Waals surface area contributed by atoms with Crippen molar-refractivity contribution >= 4 is 28.6 Å². The Hall–Kier alpha value is -4.59. The van der Waals surface area contributed by atoms with Crippen LogP contribution in [0.1, 0.15) is 52.6 Å². The monoisotopic (exact) mass is 536 g/mol. The zero-order chi connectivity index (χ0) is 28.0. The number of fused-ring (bicyclic) bond motifs is 7. The van der Waals surface area contributed by atoms with E-state index < -0.39 is 18.1 Å². The normalized spacial score (nSPS) is 18.2. The predicted molar refractivity (Wildman–Crippen MR) is 152 cm³/mol. The van der Waals surface area contributed by atoms with Crippen molar-refractivity contribution in [3.05, 3.63) is 101 Å². The number of nitrogens with zero attached hydrogens (tertiary/aromatic N) is 1. The summed E-state index contributed by atoms with van der Waals surface area (Å²) in [5, 5.41) is 6.99. The molecule has 0 bridgehead atoms. The molecule has 0 fully saturated rings. The molecular formula is C32H32N4O4. The van der Waals surface area contributed by atoms with Gasteiger partial charge in [-0.2, -0.15) is 0 Å². The van der Waals surface area contributed by atoms with Crippen LogP contribution in [0, 0.1) is 5.92 Å². The minimum atomic E-state index is -0.763. The summed E-state index contributed by atoms with van der Waals surface area (Å²) in [5.74, 6) is -0.239.